The number of amidine groups is 1. The van der Waals surface area contributed by atoms with E-state index in [0.717, 1.165) is 5.56 Å². The van der Waals surface area contributed by atoms with Crippen LogP contribution in [0.1, 0.15) is 38.8 Å². The van der Waals surface area contributed by atoms with Crippen LogP contribution >= 0.6 is 0 Å². The van der Waals surface area contributed by atoms with Gasteiger partial charge in [-0.1, -0.05) is 28.0 Å². The van der Waals surface area contributed by atoms with Crippen LogP contribution in [0, 0.1) is 40.4 Å². The topological polar surface area (TPSA) is 158 Å². The number of anilines is 1. The third kappa shape index (κ3) is 1.95. The lowest BCUT2D eigenvalue weighted by atomic mass is 9.83. The Morgan fingerprint density at radius 1 is 1.13 bits per heavy atom. The number of carbonyl (C=O) groups excluding carboxylic acids is 1. The van der Waals surface area contributed by atoms with E-state index in [1.165, 1.54) is 0 Å². The molecule has 158 valence electrons. The van der Waals surface area contributed by atoms with Gasteiger partial charge in [-0.2, -0.15) is 15.5 Å². The van der Waals surface area contributed by atoms with E-state index in [1.54, 1.807) is 39.8 Å². The molecule has 4 rings (SSSR count). The fourth-order valence-electron chi connectivity index (χ4n) is 4.87. The smallest absolute Gasteiger partial charge is 0.386 e. The zero-order chi connectivity index (χ0) is 22.8. The highest BCUT2D eigenvalue weighted by atomic mass is 16.8. The third-order valence-corrected chi connectivity index (χ3v) is 5.96. The lowest BCUT2D eigenvalue weighted by Crippen LogP contribution is -2.47. The lowest BCUT2D eigenvalue weighted by molar-refractivity contribution is -0.263. The van der Waals surface area contributed by atoms with Gasteiger partial charge in [-0.15, -0.1) is 0 Å². The minimum atomic E-state index is -2.24. The molecular formula is C21H21N7O3. The molecule has 1 aromatic carbocycles. The predicted molar refractivity (Wildman–Crippen MR) is 112 cm³/mol. The summed E-state index contributed by atoms with van der Waals surface area (Å²) >= 11 is 0. The molecule has 3 atom stereocenters. The number of benzene rings is 1. The zero-order valence-electron chi connectivity index (χ0n) is 17.8. The molecule has 1 spiro atoms. The number of oxime groups is 2. The maximum absolute atomic E-state index is 13.5. The highest BCUT2D eigenvalue weighted by Crippen LogP contribution is 2.87. The van der Waals surface area contributed by atoms with Gasteiger partial charge in [0.25, 0.3) is 0 Å². The predicted octanol–water partition coefficient (Wildman–Crippen LogP) is 2.07. The van der Waals surface area contributed by atoms with Crippen molar-refractivity contribution in [2.45, 2.75) is 45.9 Å². The first-order valence-electron chi connectivity index (χ1n) is 9.60. The molecule has 3 N–H and O–H groups in total. The molecule has 1 saturated carbocycles. The van der Waals surface area contributed by atoms with Gasteiger partial charge in [0.15, 0.2) is 5.41 Å². The minimum absolute atomic E-state index is 0.242. The number of fused-ring (bicyclic) bond motifs is 5. The fourth-order valence-corrected chi connectivity index (χ4v) is 4.87. The molecule has 1 aromatic rings. The van der Waals surface area contributed by atoms with Crippen molar-refractivity contribution in [3.63, 3.8) is 0 Å². The summed E-state index contributed by atoms with van der Waals surface area (Å²) in [5.74, 6) is -3.03. The van der Waals surface area contributed by atoms with Crippen LogP contribution in [-0.4, -0.2) is 29.1 Å². The standard InChI is InChI=1S/C21H21N7O3/c1-11(2)27-30-21(31-28-12(3)4)19(10-23)18(9-22,16(24)26-21)20(19)14-8-13(5)6-7-15(14)25-17(20)29/h6-8H,1-5H3,(H2,24,26)(H,25,29)/t18-,19+,20-/m1/s1. The number of carbonyl (C=O) groups is 1. The number of aliphatic imine (C=N–C) groups is 1. The van der Waals surface area contributed by atoms with E-state index in [1.807, 2.05) is 13.0 Å². The van der Waals surface area contributed by atoms with Gasteiger partial charge in [0.1, 0.15) is 11.3 Å². The average Bonchev–Trinajstić information content (AvgIpc) is 3.08. The fraction of sp³-hybridized carbons (Fsp3) is 0.429. The number of hydrogen-bond donors (Lipinski definition) is 2. The summed E-state index contributed by atoms with van der Waals surface area (Å²) in [6.07, 6.45) is 0. The Bertz CT molecular complexity index is 1180. The first kappa shape index (κ1) is 20.4. The van der Waals surface area contributed by atoms with Gasteiger partial charge in [0.2, 0.25) is 11.3 Å². The van der Waals surface area contributed by atoms with E-state index < -0.39 is 28.1 Å². The number of nitrogens with zero attached hydrogens (tertiary/aromatic N) is 5. The number of nitrogens with one attached hydrogen (secondary N) is 1. The second-order valence-corrected chi connectivity index (χ2v) is 8.32. The Kier molecular flexibility index (Phi) is 3.97. The number of amides is 1. The molecule has 0 unspecified atom stereocenters. The average molecular weight is 419 g/mol. The second kappa shape index (κ2) is 6.05. The molecule has 0 radical (unpaired) electrons. The maximum Gasteiger partial charge on any atom is 0.422 e. The van der Waals surface area contributed by atoms with E-state index in [4.69, 9.17) is 15.4 Å². The molecule has 1 aliphatic carbocycles. The largest absolute Gasteiger partial charge is 0.422 e. The Hall–Kier alpha value is -3.92. The highest BCUT2D eigenvalue weighted by molar-refractivity contribution is 6.20. The van der Waals surface area contributed by atoms with Crippen LogP contribution in [0.3, 0.4) is 0 Å². The summed E-state index contributed by atoms with van der Waals surface area (Å²) in [6, 6.07) is 9.54. The van der Waals surface area contributed by atoms with E-state index in [-0.39, 0.29) is 5.84 Å². The first-order valence-corrected chi connectivity index (χ1v) is 9.60. The summed E-state index contributed by atoms with van der Waals surface area (Å²) < 4.78 is 0. The van der Waals surface area contributed by atoms with Crippen LogP contribution in [0.4, 0.5) is 5.69 Å². The number of aryl methyl sites for hydroxylation is 1. The van der Waals surface area contributed by atoms with E-state index in [2.05, 4.69) is 32.8 Å². The number of nitrogens with two attached hydrogens (primary N) is 1. The van der Waals surface area contributed by atoms with Crippen LogP contribution < -0.4 is 11.1 Å². The Balaban J connectivity index is 2.08. The van der Waals surface area contributed by atoms with Gasteiger partial charge in [0.05, 0.1) is 23.6 Å². The molecule has 0 saturated heterocycles. The summed E-state index contributed by atoms with van der Waals surface area (Å²) in [5, 5.41) is 31.5. The van der Waals surface area contributed by atoms with Crippen molar-refractivity contribution in [1.29, 1.82) is 10.5 Å². The van der Waals surface area contributed by atoms with Crippen molar-refractivity contribution < 1.29 is 14.5 Å². The molecule has 1 fully saturated rings. The zero-order valence-corrected chi connectivity index (χ0v) is 17.8. The van der Waals surface area contributed by atoms with Gasteiger partial charge in [-0.05, 0) is 46.2 Å². The van der Waals surface area contributed by atoms with Gasteiger partial charge >= 0.3 is 5.91 Å². The molecule has 31 heavy (non-hydrogen) atoms. The summed E-state index contributed by atoms with van der Waals surface area (Å²) in [5.41, 5.74) is 3.56. The number of nitriles is 2. The number of rotatable bonds is 4. The first-order chi connectivity index (χ1) is 14.6. The molecule has 2 heterocycles. The van der Waals surface area contributed by atoms with Gasteiger partial charge in [-0.25, -0.2) is 0 Å². The second-order valence-electron chi connectivity index (χ2n) is 8.32. The molecule has 10 heteroatoms. The van der Waals surface area contributed by atoms with Crippen molar-refractivity contribution >= 4 is 28.9 Å². The van der Waals surface area contributed by atoms with Crippen LogP contribution in [-0.2, 0) is 19.9 Å². The Labute approximate surface area is 179 Å². The molecule has 3 aliphatic rings. The number of hydrogen-bond acceptors (Lipinski definition) is 9. The van der Waals surface area contributed by atoms with Crippen LogP contribution in [0.2, 0.25) is 0 Å². The summed E-state index contributed by atoms with van der Waals surface area (Å²) in [4.78, 5) is 29.0. The third-order valence-electron chi connectivity index (χ3n) is 5.96. The van der Waals surface area contributed by atoms with Crippen molar-refractivity contribution in [1.82, 2.24) is 0 Å². The van der Waals surface area contributed by atoms with E-state index >= 15 is 0 Å². The maximum atomic E-state index is 13.5. The summed E-state index contributed by atoms with van der Waals surface area (Å²) in [7, 11) is 0. The molecule has 2 aliphatic heterocycles. The molecular weight excluding hydrogens is 398 g/mol. The lowest BCUT2D eigenvalue weighted by Gasteiger charge is -2.29. The van der Waals surface area contributed by atoms with Crippen molar-refractivity contribution in [2.24, 2.45) is 31.9 Å². The van der Waals surface area contributed by atoms with Crippen molar-refractivity contribution in [3.8, 4) is 12.1 Å². The van der Waals surface area contributed by atoms with Gasteiger partial charge in [-0.3, -0.25) is 4.79 Å². The monoisotopic (exact) mass is 419 g/mol. The Morgan fingerprint density at radius 3 is 2.26 bits per heavy atom. The molecule has 10 nitrogen and oxygen atoms in total. The molecule has 0 aromatic heterocycles. The molecule has 0 bridgehead atoms. The van der Waals surface area contributed by atoms with Crippen LogP contribution in [0.15, 0.2) is 33.5 Å². The van der Waals surface area contributed by atoms with Gasteiger partial charge in [0, 0.05) is 5.69 Å². The van der Waals surface area contributed by atoms with Crippen LogP contribution in [0.25, 0.3) is 0 Å². The Morgan fingerprint density at radius 2 is 1.74 bits per heavy atom. The van der Waals surface area contributed by atoms with Crippen molar-refractivity contribution in [2.75, 3.05) is 5.32 Å². The SMILES string of the molecule is CC(C)=NOC1(ON=C(C)C)N=C(N)[C@@]2(C#N)[C@@]3(C(=O)Nc4ccc(C)cc43)[C@@]12C#N. The van der Waals surface area contributed by atoms with Crippen molar-refractivity contribution in [3.05, 3.63) is 29.3 Å². The quantitative estimate of drug-likeness (QED) is 0.432. The minimum Gasteiger partial charge on any atom is -0.386 e. The highest BCUT2D eigenvalue weighted by Gasteiger charge is 3.07. The normalized spacial score (nSPS) is 30.7. The molecule has 1 amide bonds. The van der Waals surface area contributed by atoms with Crippen LogP contribution in [0.5, 0.6) is 0 Å². The van der Waals surface area contributed by atoms with E-state index in [0.29, 0.717) is 22.7 Å². The van der Waals surface area contributed by atoms with Gasteiger partial charge < -0.3 is 20.7 Å². The summed E-state index contributed by atoms with van der Waals surface area (Å²) in [6.45, 7) is 8.53. The van der Waals surface area contributed by atoms with E-state index in [9.17, 15) is 15.3 Å².